The van der Waals surface area contributed by atoms with E-state index in [1.807, 2.05) is 30.3 Å². The number of rotatable bonds is 4. The predicted molar refractivity (Wildman–Crippen MR) is 107 cm³/mol. The Bertz CT molecular complexity index is 926. The van der Waals surface area contributed by atoms with Gasteiger partial charge in [0.2, 0.25) is 0 Å². The molecule has 2 aromatic carbocycles. The van der Waals surface area contributed by atoms with Crippen LogP contribution in [0.25, 0.3) is 0 Å². The summed E-state index contributed by atoms with van der Waals surface area (Å²) >= 11 is 0. The molecule has 2 aliphatic heterocycles. The lowest BCUT2D eigenvalue weighted by atomic mass is 10.0. The average molecular weight is 397 g/mol. The summed E-state index contributed by atoms with van der Waals surface area (Å²) in [6.45, 7) is 4.79. The van der Waals surface area contributed by atoms with Crippen molar-refractivity contribution < 1.29 is 19.2 Å². The molecule has 8 nitrogen and oxygen atoms in total. The molecule has 2 aliphatic rings. The minimum atomic E-state index is -0.623. The van der Waals surface area contributed by atoms with Crippen LogP contribution in [0.5, 0.6) is 5.75 Å². The Balaban J connectivity index is 1.61. The van der Waals surface area contributed by atoms with Crippen molar-refractivity contribution in [2.75, 3.05) is 37.7 Å². The number of hydrogen-bond acceptors (Lipinski definition) is 6. The van der Waals surface area contributed by atoms with Crippen molar-refractivity contribution in [2.24, 2.45) is 0 Å². The fourth-order valence-corrected chi connectivity index (χ4v) is 3.82. The summed E-state index contributed by atoms with van der Waals surface area (Å²) in [5.41, 5.74) is 2.47. The molecule has 8 heteroatoms. The highest BCUT2D eigenvalue weighted by Crippen LogP contribution is 2.35. The molecule has 1 atom stereocenters. The van der Waals surface area contributed by atoms with Crippen molar-refractivity contribution in [3.63, 3.8) is 0 Å². The lowest BCUT2D eigenvalue weighted by Crippen LogP contribution is -2.52. The van der Waals surface area contributed by atoms with E-state index in [1.165, 1.54) is 6.07 Å². The van der Waals surface area contributed by atoms with E-state index in [1.54, 1.807) is 17.9 Å². The number of morpholine rings is 1. The summed E-state index contributed by atoms with van der Waals surface area (Å²) in [5, 5.41) is 11.3. The zero-order chi connectivity index (χ0) is 20.4. The Morgan fingerprint density at radius 2 is 1.93 bits per heavy atom. The standard InChI is InChI=1S/C21H23N3O5/c1-15-16(5-4-7-17(15)24(26)27)13-23-14-20(21(25)22-9-11-28-12-10-22)29-19-8-3-2-6-18(19)23/h2-8,20H,9-14H2,1H3. The van der Waals surface area contributed by atoms with Gasteiger partial charge in [0.15, 0.2) is 6.10 Å². The van der Waals surface area contributed by atoms with Crippen LogP contribution in [0.3, 0.4) is 0 Å². The summed E-state index contributed by atoms with van der Waals surface area (Å²) < 4.78 is 11.4. The second kappa shape index (κ2) is 8.08. The van der Waals surface area contributed by atoms with Gasteiger partial charge in [0.25, 0.3) is 11.6 Å². The van der Waals surface area contributed by atoms with Crippen LogP contribution < -0.4 is 9.64 Å². The molecular weight excluding hydrogens is 374 g/mol. The topological polar surface area (TPSA) is 85.2 Å². The first-order valence-electron chi connectivity index (χ1n) is 9.64. The smallest absolute Gasteiger partial charge is 0.272 e. The van der Waals surface area contributed by atoms with Crippen LogP contribution in [-0.2, 0) is 16.1 Å². The van der Waals surface area contributed by atoms with E-state index in [0.717, 1.165) is 11.3 Å². The predicted octanol–water partition coefficient (Wildman–Crippen LogP) is 2.53. The van der Waals surface area contributed by atoms with Gasteiger partial charge in [-0.15, -0.1) is 0 Å². The van der Waals surface area contributed by atoms with Gasteiger partial charge in [0.1, 0.15) is 5.75 Å². The van der Waals surface area contributed by atoms with Gasteiger partial charge in [-0.25, -0.2) is 0 Å². The first kappa shape index (κ1) is 19.2. The number of carbonyl (C=O) groups excluding carboxylic acids is 1. The van der Waals surface area contributed by atoms with Gasteiger partial charge in [0.05, 0.1) is 30.4 Å². The molecule has 2 aromatic rings. The average Bonchev–Trinajstić information content (AvgIpc) is 2.75. The third-order valence-corrected chi connectivity index (χ3v) is 5.43. The maximum atomic E-state index is 13.0. The lowest BCUT2D eigenvalue weighted by molar-refractivity contribution is -0.385. The third-order valence-electron chi connectivity index (χ3n) is 5.43. The molecule has 0 saturated carbocycles. The van der Waals surface area contributed by atoms with Crippen LogP contribution >= 0.6 is 0 Å². The number of anilines is 1. The summed E-state index contributed by atoms with van der Waals surface area (Å²) in [4.78, 5) is 27.8. The van der Waals surface area contributed by atoms with Gasteiger partial charge in [-0.2, -0.15) is 0 Å². The molecule has 0 bridgehead atoms. The Labute approximate surface area is 168 Å². The number of amides is 1. The molecule has 4 rings (SSSR count). The van der Waals surface area contributed by atoms with Crippen LogP contribution in [-0.4, -0.2) is 54.7 Å². The second-order valence-corrected chi connectivity index (χ2v) is 7.21. The van der Waals surface area contributed by atoms with E-state index >= 15 is 0 Å². The van der Waals surface area contributed by atoms with E-state index in [4.69, 9.17) is 9.47 Å². The molecule has 0 radical (unpaired) electrons. The molecule has 0 aromatic heterocycles. The highest BCUT2D eigenvalue weighted by molar-refractivity contribution is 5.83. The molecule has 0 N–H and O–H groups in total. The van der Waals surface area contributed by atoms with Crippen molar-refractivity contribution in [3.8, 4) is 5.75 Å². The molecule has 1 fully saturated rings. The molecule has 2 heterocycles. The first-order valence-corrected chi connectivity index (χ1v) is 9.64. The number of benzene rings is 2. The number of carbonyl (C=O) groups is 1. The molecular formula is C21H23N3O5. The molecule has 1 unspecified atom stereocenters. The van der Waals surface area contributed by atoms with Gasteiger partial charge in [0, 0.05) is 31.3 Å². The van der Waals surface area contributed by atoms with E-state index in [-0.39, 0.29) is 16.5 Å². The van der Waals surface area contributed by atoms with E-state index < -0.39 is 6.10 Å². The highest BCUT2D eigenvalue weighted by atomic mass is 16.6. The number of nitro groups is 1. The second-order valence-electron chi connectivity index (χ2n) is 7.21. The van der Waals surface area contributed by atoms with E-state index in [9.17, 15) is 14.9 Å². The lowest BCUT2D eigenvalue weighted by Gasteiger charge is -2.38. The molecule has 0 aliphatic carbocycles. The Kier molecular flexibility index (Phi) is 5.35. The minimum absolute atomic E-state index is 0.0523. The minimum Gasteiger partial charge on any atom is -0.477 e. The fourth-order valence-electron chi connectivity index (χ4n) is 3.82. The molecule has 29 heavy (non-hydrogen) atoms. The first-order chi connectivity index (χ1) is 14.0. The van der Waals surface area contributed by atoms with E-state index in [2.05, 4.69) is 4.90 Å². The number of hydrogen-bond donors (Lipinski definition) is 0. The third kappa shape index (κ3) is 3.88. The van der Waals surface area contributed by atoms with Crippen LogP contribution in [0.15, 0.2) is 42.5 Å². The van der Waals surface area contributed by atoms with Crippen LogP contribution in [0.4, 0.5) is 11.4 Å². The normalized spacial score (nSPS) is 18.7. The van der Waals surface area contributed by atoms with Crippen molar-refractivity contribution >= 4 is 17.3 Å². The maximum Gasteiger partial charge on any atom is 0.272 e. The number of fused-ring (bicyclic) bond motifs is 1. The molecule has 1 amide bonds. The maximum absolute atomic E-state index is 13.0. The Hall–Kier alpha value is -3.13. The summed E-state index contributed by atoms with van der Waals surface area (Å²) in [6, 6.07) is 12.7. The highest BCUT2D eigenvalue weighted by Gasteiger charge is 2.34. The number of para-hydroxylation sites is 2. The fraction of sp³-hybridized carbons (Fsp3) is 0.381. The summed E-state index contributed by atoms with van der Waals surface area (Å²) in [7, 11) is 0. The molecule has 0 spiro atoms. The van der Waals surface area contributed by atoms with Crippen LogP contribution in [0, 0.1) is 17.0 Å². The van der Waals surface area contributed by atoms with Gasteiger partial charge in [-0.05, 0) is 24.6 Å². The van der Waals surface area contributed by atoms with Crippen molar-refractivity contribution in [2.45, 2.75) is 19.6 Å². The largest absolute Gasteiger partial charge is 0.477 e. The summed E-state index contributed by atoms with van der Waals surface area (Å²) in [5.74, 6) is 0.594. The number of nitro benzene ring substituents is 1. The van der Waals surface area contributed by atoms with Crippen LogP contribution in [0.1, 0.15) is 11.1 Å². The quantitative estimate of drug-likeness (QED) is 0.582. The SMILES string of the molecule is Cc1c(CN2CC(C(=O)N3CCOCC3)Oc3ccccc32)cccc1[N+](=O)[O-]. The molecule has 1 saturated heterocycles. The number of ether oxygens (including phenoxy) is 2. The monoisotopic (exact) mass is 397 g/mol. The number of nitrogens with zero attached hydrogens (tertiary/aromatic N) is 3. The van der Waals surface area contributed by atoms with Crippen molar-refractivity contribution in [3.05, 3.63) is 63.7 Å². The van der Waals surface area contributed by atoms with E-state index in [0.29, 0.717) is 50.7 Å². The zero-order valence-corrected chi connectivity index (χ0v) is 16.2. The van der Waals surface area contributed by atoms with Crippen molar-refractivity contribution in [1.29, 1.82) is 0 Å². The molecule has 152 valence electrons. The summed E-state index contributed by atoms with van der Waals surface area (Å²) in [6.07, 6.45) is -0.623. The van der Waals surface area contributed by atoms with Gasteiger partial charge in [-0.3, -0.25) is 14.9 Å². The van der Waals surface area contributed by atoms with Gasteiger partial charge < -0.3 is 19.3 Å². The van der Waals surface area contributed by atoms with Gasteiger partial charge in [-0.1, -0.05) is 24.3 Å². The Morgan fingerprint density at radius 3 is 2.69 bits per heavy atom. The zero-order valence-electron chi connectivity index (χ0n) is 16.2. The Morgan fingerprint density at radius 1 is 1.17 bits per heavy atom. The van der Waals surface area contributed by atoms with Gasteiger partial charge >= 0.3 is 0 Å². The van der Waals surface area contributed by atoms with Crippen molar-refractivity contribution in [1.82, 2.24) is 4.90 Å². The van der Waals surface area contributed by atoms with Crippen LogP contribution in [0.2, 0.25) is 0 Å².